The number of aryl methyl sites for hydroxylation is 1. The van der Waals surface area contributed by atoms with Gasteiger partial charge in [0.1, 0.15) is 0 Å². The van der Waals surface area contributed by atoms with Crippen LogP contribution in [0.3, 0.4) is 0 Å². The van der Waals surface area contributed by atoms with Crippen LogP contribution in [0.2, 0.25) is 0 Å². The summed E-state index contributed by atoms with van der Waals surface area (Å²) in [6.07, 6.45) is 4.21. The van der Waals surface area contributed by atoms with E-state index >= 15 is 0 Å². The number of hydrogen-bond donors (Lipinski definition) is 1. The summed E-state index contributed by atoms with van der Waals surface area (Å²) >= 11 is 1.58. The van der Waals surface area contributed by atoms with E-state index in [1.807, 2.05) is 17.5 Å². The molecule has 2 atom stereocenters. The summed E-state index contributed by atoms with van der Waals surface area (Å²) in [5.41, 5.74) is 2.77. The molecule has 0 spiro atoms. The Kier molecular flexibility index (Phi) is 6.67. The monoisotopic (exact) mass is 384 g/mol. The van der Waals surface area contributed by atoms with Gasteiger partial charge in [-0.3, -0.25) is 9.59 Å². The van der Waals surface area contributed by atoms with Gasteiger partial charge in [0.25, 0.3) is 0 Å². The summed E-state index contributed by atoms with van der Waals surface area (Å²) in [7, 11) is 0. The summed E-state index contributed by atoms with van der Waals surface area (Å²) in [6.45, 7) is 4.39. The summed E-state index contributed by atoms with van der Waals surface area (Å²) in [5, 5.41) is 4.94. The molecule has 0 saturated carbocycles. The van der Waals surface area contributed by atoms with Gasteiger partial charge < -0.3 is 10.2 Å². The highest BCUT2D eigenvalue weighted by atomic mass is 32.1. The molecule has 1 heterocycles. The van der Waals surface area contributed by atoms with Crippen molar-refractivity contribution in [2.75, 3.05) is 6.54 Å². The smallest absolute Gasteiger partial charge is 0.225 e. The molecule has 1 aliphatic carbocycles. The highest BCUT2D eigenvalue weighted by molar-refractivity contribution is 7.10. The second-order valence-corrected chi connectivity index (χ2v) is 8.20. The van der Waals surface area contributed by atoms with Crippen LogP contribution in [0, 0.1) is 0 Å². The molecule has 0 aliphatic heterocycles. The molecule has 0 saturated heterocycles. The topological polar surface area (TPSA) is 49.4 Å². The van der Waals surface area contributed by atoms with Crippen LogP contribution in [-0.4, -0.2) is 29.3 Å². The Morgan fingerprint density at radius 2 is 2.00 bits per heavy atom. The Hall–Kier alpha value is -2.14. The van der Waals surface area contributed by atoms with Gasteiger partial charge in [0.05, 0.1) is 12.5 Å². The number of benzene rings is 1. The van der Waals surface area contributed by atoms with E-state index in [0.29, 0.717) is 6.42 Å². The fraction of sp³-hybridized carbons (Fsp3) is 0.455. The Balaban J connectivity index is 1.74. The molecule has 27 heavy (non-hydrogen) atoms. The van der Waals surface area contributed by atoms with E-state index in [1.54, 1.807) is 11.3 Å². The SMILES string of the molecule is CCCN(C(=O)CC(NC(C)=O)c1cccs1)C1CCc2ccccc2C1. The van der Waals surface area contributed by atoms with Crippen molar-refractivity contribution in [1.82, 2.24) is 10.2 Å². The van der Waals surface area contributed by atoms with E-state index in [1.165, 1.54) is 18.1 Å². The van der Waals surface area contributed by atoms with E-state index in [0.717, 1.165) is 37.1 Å². The first kappa shape index (κ1) is 19.6. The van der Waals surface area contributed by atoms with E-state index < -0.39 is 0 Å². The quantitative estimate of drug-likeness (QED) is 0.781. The van der Waals surface area contributed by atoms with E-state index in [9.17, 15) is 9.59 Å². The summed E-state index contributed by atoms with van der Waals surface area (Å²) in [6, 6.07) is 12.5. The molecular weight excluding hydrogens is 356 g/mol. The predicted molar refractivity (Wildman–Crippen MR) is 110 cm³/mol. The second-order valence-electron chi connectivity index (χ2n) is 7.23. The largest absolute Gasteiger partial charge is 0.348 e. The number of thiophene rings is 1. The fourth-order valence-corrected chi connectivity index (χ4v) is 4.72. The van der Waals surface area contributed by atoms with Crippen LogP contribution in [0.1, 0.15) is 55.2 Å². The van der Waals surface area contributed by atoms with Crippen LogP contribution in [0.4, 0.5) is 0 Å². The number of nitrogens with one attached hydrogen (secondary N) is 1. The molecular formula is C22H28N2O2S. The Morgan fingerprint density at radius 3 is 2.67 bits per heavy atom. The molecule has 1 aromatic heterocycles. The van der Waals surface area contributed by atoms with E-state index in [2.05, 4.69) is 41.4 Å². The molecule has 0 fully saturated rings. The Bertz CT molecular complexity index is 772. The van der Waals surface area contributed by atoms with Gasteiger partial charge in [-0.05, 0) is 48.3 Å². The first-order chi connectivity index (χ1) is 13.1. The van der Waals surface area contributed by atoms with Crippen molar-refractivity contribution in [2.45, 2.75) is 58.0 Å². The van der Waals surface area contributed by atoms with Crippen LogP contribution in [0.5, 0.6) is 0 Å². The number of carbonyl (C=O) groups is 2. The molecule has 2 aromatic rings. The van der Waals surface area contributed by atoms with Crippen LogP contribution in [0.25, 0.3) is 0 Å². The first-order valence-corrected chi connectivity index (χ1v) is 10.6. The van der Waals surface area contributed by atoms with E-state index in [4.69, 9.17) is 0 Å². The average Bonchev–Trinajstić information content (AvgIpc) is 3.19. The van der Waals surface area contributed by atoms with Gasteiger partial charge in [0.2, 0.25) is 11.8 Å². The second kappa shape index (κ2) is 9.18. The minimum atomic E-state index is -0.245. The molecule has 4 nitrogen and oxygen atoms in total. The molecule has 3 rings (SSSR count). The molecule has 2 unspecified atom stereocenters. The van der Waals surface area contributed by atoms with Crippen LogP contribution in [-0.2, 0) is 22.4 Å². The van der Waals surface area contributed by atoms with Crippen molar-refractivity contribution in [3.63, 3.8) is 0 Å². The lowest BCUT2D eigenvalue weighted by molar-refractivity contribution is -0.134. The van der Waals surface area contributed by atoms with Crippen molar-refractivity contribution in [3.8, 4) is 0 Å². The number of carbonyl (C=O) groups excluding carboxylic acids is 2. The normalized spacial score (nSPS) is 17.0. The van der Waals surface area contributed by atoms with Gasteiger partial charge in [-0.25, -0.2) is 0 Å². The lowest BCUT2D eigenvalue weighted by Gasteiger charge is -2.36. The van der Waals surface area contributed by atoms with Gasteiger partial charge in [0.15, 0.2) is 0 Å². The van der Waals surface area contributed by atoms with Gasteiger partial charge in [0, 0.05) is 24.4 Å². The van der Waals surface area contributed by atoms with Gasteiger partial charge >= 0.3 is 0 Å². The number of rotatable bonds is 7. The third-order valence-electron chi connectivity index (χ3n) is 5.19. The molecule has 5 heteroatoms. The third kappa shape index (κ3) is 4.98. The highest BCUT2D eigenvalue weighted by Crippen LogP contribution is 2.27. The summed E-state index contributed by atoms with van der Waals surface area (Å²) in [4.78, 5) is 27.9. The highest BCUT2D eigenvalue weighted by Gasteiger charge is 2.29. The third-order valence-corrected chi connectivity index (χ3v) is 6.18. The molecule has 0 bridgehead atoms. The minimum Gasteiger partial charge on any atom is -0.348 e. The lowest BCUT2D eigenvalue weighted by atomic mass is 9.87. The Morgan fingerprint density at radius 1 is 1.22 bits per heavy atom. The van der Waals surface area contributed by atoms with Crippen molar-refractivity contribution in [1.29, 1.82) is 0 Å². The standard InChI is InChI=1S/C22H28N2O2S/c1-3-12-24(19-11-10-17-7-4-5-8-18(17)14-19)22(26)15-20(23-16(2)25)21-9-6-13-27-21/h4-9,13,19-20H,3,10-12,14-15H2,1-2H3,(H,23,25). The zero-order chi connectivity index (χ0) is 19.2. The zero-order valence-electron chi connectivity index (χ0n) is 16.1. The molecule has 144 valence electrons. The molecule has 1 N–H and O–H groups in total. The fourth-order valence-electron chi connectivity index (χ4n) is 3.95. The number of hydrogen-bond acceptors (Lipinski definition) is 3. The molecule has 0 radical (unpaired) electrons. The summed E-state index contributed by atoms with van der Waals surface area (Å²) in [5.74, 6) is 0.0308. The van der Waals surface area contributed by atoms with Crippen molar-refractivity contribution in [3.05, 3.63) is 57.8 Å². The zero-order valence-corrected chi connectivity index (χ0v) is 16.9. The van der Waals surface area contributed by atoms with Crippen LogP contribution < -0.4 is 5.32 Å². The maximum Gasteiger partial charge on any atom is 0.225 e. The average molecular weight is 385 g/mol. The van der Waals surface area contributed by atoms with E-state index in [-0.39, 0.29) is 23.9 Å². The van der Waals surface area contributed by atoms with Crippen molar-refractivity contribution >= 4 is 23.2 Å². The maximum atomic E-state index is 13.2. The first-order valence-electron chi connectivity index (χ1n) is 9.75. The predicted octanol–water partition coefficient (Wildman–Crippen LogP) is 4.11. The van der Waals surface area contributed by atoms with Gasteiger partial charge in [-0.2, -0.15) is 0 Å². The summed E-state index contributed by atoms with van der Waals surface area (Å²) < 4.78 is 0. The number of nitrogens with zero attached hydrogens (tertiary/aromatic N) is 1. The number of amides is 2. The lowest BCUT2D eigenvalue weighted by Crippen LogP contribution is -2.45. The van der Waals surface area contributed by atoms with Crippen molar-refractivity contribution in [2.24, 2.45) is 0 Å². The van der Waals surface area contributed by atoms with Gasteiger partial charge in [-0.15, -0.1) is 11.3 Å². The minimum absolute atomic E-state index is 0.102. The van der Waals surface area contributed by atoms with Gasteiger partial charge in [-0.1, -0.05) is 37.3 Å². The number of fused-ring (bicyclic) bond motifs is 1. The molecule has 2 amide bonds. The Labute approximate surface area is 165 Å². The molecule has 1 aromatic carbocycles. The molecule has 1 aliphatic rings. The van der Waals surface area contributed by atoms with Crippen LogP contribution in [0.15, 0.2) is 41.8 Å². The maximum absolute atomic E-state index is 13.2. The van der Waals surface area contributed by atoms with Crippen LogP contribution >= 0.6 is 11.3 Å². The van der Waals surface area contributed by atoms with Crippen molar-refractivity contribution < 1.29 is 9.59 Å².